The van der Waals surface area contributed by atoms with Crippen molar-refractivity contribution in [2.75, 3.05) is 13.1 Å². The smallest absolute Gasteiger partial charge is 0.404 e. The summed E-state index contributed by atoms with van der Waals surface area (Å²) < 4.78 is 4.78. The van der Waals surface area contributed by atoms with Crippen molar-refractivity contribution in [2.45, 2.75) is 18.9 Å². The number of hydrogen-bond acceptors (Lipinski definition) is 3. The molecule has 0 saturated carbocycles. The molecule has 0 aliphatic carbocycles. The number of primary amides is 2. The van der Waals surface area contributed by atoms with Crippen molar-refractivity contribution in [1.29, 1.82) is 0 Å². The lowest BCUT2D eigenvalue weighted by Crippen LogP contribution is -2.44. The van der Waals surface area contributed by atoms with E-state index < -0.39 is 12.1 Å². The molecule has 1 fully saturated rings. The van der Waals surface area contributed by atoms with Crippen LogP contribution in [0.5, 0.6) is 0 Å². The summed E-state index contributed by atoms with van der Waals surface area (Å²) in [5.41, 5.74) is 9.92. The van der Waals surface area contributed by atoms with E-state index in [2.05, 4.69) is 0 Å². The summed E-state index contributed by atoms with van der Waals surface area (Å²) in [6.45, 7) is 1.04. The van der Waals surface area contributed by atoms with E-state index in [1.165, 1.54) is 4.90 Å². The maximum atomic E-state index is 10.7. The molecule has 4 N–H and O–H groups in total. The zero-order valence-electron chi connectivity index (χ0n) is 7.23. The summed E-state index contributed by atoms with van der Waals surface area (Å²) in [6, 6.07) is -0.433. The molecule has 0 spiro atoms. The van der Waals surface area contributed by atoms with Crippen molar-refractivity contribution in [3.63, 3.8) is 0 Å². The number of carbonyl (C=O) groups is 2. The van der Waals surface area contributed by atoms with E-state index in [1.807, 2.05) is 0 Å². The number of piperidine rings is 1. The number of hydrogen-bond donors (Lipinski definition) is 2. The van der Waals surface area contributed by atoms with Gasteiger partial charge < -0.3 is 21.1 Å². The molecule has 0 aromatic rings. The number of nitrogens with two attached hydrogens (primary N) is 2. The van der Waals surface area contributed by atoms with Gasteiger partial charge in [0.2, 0.25) is 0 Å². The van der Waals surface area contributed by atoms with E-state index in [0.717, 1.165) is 0 Å². The molecule has 6 nitrogen and oxygen atoms in total. The number of urea groups is 1. The van der Waals surface area contributed by atoms with Crippen molar-refractivity contribution >= 4 is 12.1 Å². The summed E-state index contributed by atoms with van der Waals surface area (Å²) in [5, 5.41) is 0. The second-order valence-corrected chi connectivity index (χ2v) is 2.96. The average molecular weight is 187 g/mol. The van der Waals surface area contributed by atoms with Crippen LogP contribution in [-0.2, 0) is 4.74 Å². The van der Waals surface area contributed by atoms with Crippen molar-refractivity contribution in [3.8, 4) is 0 Å². The van der Waals surface area contributed by atoms with Gasteiger partial charge in [0.25, 0.3) is 0 Å². The normalized spacial score (nSPS) is 18.3. The molecule has 0 unspecified atom stereocenters. The fourth-order valence-corrected chi connectivity index (χ4v) is 1.36. The van der Waals surface area contributed by atoms with Crippen molar-refractivity contribution in [1.82, 2.24) is 4.90 Å². The molecule has 1 heterocycles. The van der Waals surface area contributed by atoms with Gasteiger partial charge in [0.15, 0.2) is 0 Å². The summed E-state index contributed by atoms with van der Waals surface area (Å²) in [4.78, 5) is 22.6. The lowest BCUT2D eigenvalue weighted by atomic mass is 10.1. The summed E-state index contributed by atoms with van der Waals surface area (Å²) in [5.74, 6) is 0. The third-order valence-corrected chi connectivity index (χ3v) is 2.04. The van der Waals surface area contributed by atoms with Gasteiger partial charge >= 0.3 is 12.1 Å². The predicted molar refractivity (Wildman–Crippen MR) is 44.8 cm³/mol. The molecule has 0 radical (unpaired) electrons. The van der Waals surface area contributed by atoms with E-state index >= 15 is 0 Å². The number of amides is 3. The standard InChI is InChI=1S/C7H13N3O3/c8-6(11)10-3-1-5(2-4-10)13-7(9)12/h5H,1-4H2,(H2,8,11)(H2,9,12). The van der Waals surface area contributed by atoms with Gasteiger partial charge in [-0.2, -0.15) is 0 Å². The van der Waals surface area contributed by atoms with Gasteiger partial charge in [-0.1, -0.05) is 0 Å². The Bertz CT molecular complexity index is 211. The fourth-order valence-electron chi connectivity index (χ4n) is 1.36. The van der Waals surface area contributed by atoms with Crippen LogP contribution in [0, 0.1) is 0 Å². The van der Waals surface area contributed by atoms with Gasteiger partial charge in [-0.15, -0.1) is 0 Å². The van der Waals surface area contributed by atoms with Crippen LogP contribution >= 0.6 is 0 Å². The van der Waals surface area contributed by atoms with E-state index in [1.54, 1.807) is 0 Å². The van der Waals surface area contributed by atoms with Crippen LogP contribution in [0.2, 0.25) is 0 Å². The predicted octanol–water partition coefficient (Wildman–Crippen LogP) is -0.375. The molecule has 0 atom stereocenters. The lowest BCUT2D eigenvalue weighted by Gasteiger charge is -2.29. The molecule has 74 valence electrons. The zero-order chi connectivity index (χ0) is 9.84. The molecule has 0 aromatic heterocycles. The van der Waals surface area contributed by atoms with Crippen LogP contribution in [-0.4, -0.2) is 36.2 Å². The molecule has 1 rings (SSSR count). The number of rotatable bonds is 1. The minimum Gasteiger partial charge on any atom is -0.446 e. The van der Waals surface area contributed by atoms with Gasteiger partial charge in [-0.3, -0.25) is 0 Å². The van der Waals surface area contributed by atoms with Gasteiger partial charge in [0, 0.05) is 25.9 Å². The summed E-state index contributed by atoms with van der Waals surface area (Å²) >= 11 is 0. The molecule has 3 amide bonds. The van der Waals surface area contributed by atoms with E-state index in [9.17, 15) is 9.59 Å². The Morgan fingerprint density at radius 1 is 1.23 bits per heavy atom. The maximum absolute atomic E-state index is 10.7. The SMILES string of the molecule is NC(=O)OC1CCN(C(N)=O)CC1. The molecule has 0 aromatic carbocycles. The first-order valence-electron chi connectivity index (χ1n) is 4.10. The first kappa shape index (κ1) is 9.63. The maximum Gasteiger partial charge on any atom is 0.404 e. The molecule has 1 aliphatic rings. The molecule has 1 saturated heterocycles. The second-order valence-electron chi connectivity index (χ2n) is 2.96. The van der Waals surface area contributed by atoms with Crippen molar-refractivity contribution in [3.05, 3.63) is 0 Å². The molecule has 13 heavy (non-hydrogen) atoms. The minimum atomic E-state index is -0.766. The number of carbonyl (C=O) groups excluding carboxylic acids is 2. The Hall–Kier alpha value is -1.46. The average Bonchev–Trinajstić information content (AvgIpc) is 2.04. The van der Waals surface area contributed by atoms with Crippen LogP contribution in [0.25, 0.3) is 0 Å². The van der Waals surface area contributed by atoms with Crippen molar-refractivity contribution < 1.29 is 14.3 Å². The number of likely N-dealkylation sites (tertiary alicyclic amines) is 1. The number of ether oxygens (including phenoxy) is 1. The van der Waals surface area contributed by atoms with Gasteiger partial charge in [-0.25, -0.2) is 9.59 Å². The van der Waals surface area contributed by atoms with Crippen LogP contribution in [0.15, 0.2) is 0 Å². The molecule has 1 aliphatic heterocycles. The largest absolute Gasteiger partial charge is 0.446 e. The Labute approximate surface area is 75.8 Å². The highest BCUT2D eigenvalue weighted by Gasteiger charge is 2.22. The first-order chi connectivity index (χ1) is 6.09. The van der Waals surface area contributed by atoms with E-state index in [0.29, 0.717) is 25.9 Å². The highest BCUT2D eigenvalue weighted by molar-refractivity contribution is 5.72. The van der Waals surface area contributed by atoms with Crippen LogP contribution in [0.1, 0.15) is 12.8 Å². The summed E-state index contributed by atoms with van der Waals surface area (Å²) in [6.07, 6.45) is 0.267. The molecular weight excluding hydrogens is 174 g/mol. The monoisotopic (exact) mass is 187 g/mol. The first-order valence-corrected chi connectivity index (χ1v) is 4.10. The van der Waals surface area contributed by atoms with Crippen molar-refractivity contribution in [2.24, 2.45) is 11.5 Å². The highest BCUT2D eigenvalue weighted by Crippen LogP contribution is 2.12. The minimum absolute atomic E-state index is 0.173. The van der Waals surface area contributed by atoms with Crippen LogP contribution in [0.4, 0.5) is 9.59 Å². The van der Waals surface area contributed by atoms with Gasteiger partial charge in [0.05, 0.1) is 0 Å². The molecule has 0 bridgehead atoms. The van der Waals surface area contributed by atoms with Crippen LogP contribution in [0.3, 0.4) is 0 Å². The highest BCUT2D eigenvalue weighted by atomic mass is 16.6. The Morgan fingerprint density at radius 3 is 2.15 bits per heavy atom. The topological polar surface area (TPSA) is 98.7 Å². The summed E-state index contributed by atoms with van der Waals surface area (Å²) in [7, 11) is 0. The zero-order valence-corrected chi connectivity index (χ0v) is 7.23. The van der Waals surface area contributed by atoms with Gasteiger partial charge in [0.1, 0.15) is 6.10 Å². The van der Waals surface area contributed by atoms with Crippen LogP contribution < -0.4 is 11.5 Å². The molecule has 6 heteroatoms. The lowest BCUT2D eigenvalue weighted by molar-refractivity contribution is 0.0659. The fraction of sp³-hybridized carbons (Fsp3) is 0.714. The molecular formula is C7H13N3O3. The Morgan fingerprint density at radius 2 is 1.77 bits per heavy atom. The van der Waals surface area contributed by atoms with E-state index in [4.69, 9.17) is 16.2 Å². The quantitative estimate of drug-likeness (QED) is 0.585. The van der Waals surface area contributed by atoms with Gasteiger partial charge in [-0.05, 0) is 0 Å². The Kier molecular flexibility index (Phi) is 2.94. The number of nitrogens with zero attached hydrogens (tertiary/aromatic N) is 1. The third-order valence-electron chi connectivity index (χ3n) is 2.04. The van der Waals surface area contributed by atoms with E-state index in [-0.39, 0.29) is 6.10 Å². The second kappa shape index (κ2) is 3.97. The third kappa shape index (κ3) is 2.81. The Balaban J connectivity index is 2.30.